The molecule has 0 spiro atoms. The SMILES string of the molecule is CNC(CSCc1cc(C)cc(C)c1)C(N)=O. The molecule has 94 valence electrons. The van der Waals surface area contributed by atoms with Crippen LogP contribution in [0.4, 0.5) is 0 Å². The molecular weight excluding hydrogens is 232 g/mol. The van der Waals surface area contributed by atoms with E-state index in [0.717, 1.165) is 5.75 Å². The van der Waals surface area contributed by atoms with Crippen molar-refractivity contribution in [3.8, 4) is 0 Å². The molecule has 0 radical (unpaired) electrons. The molecule has 0 saturated heterocycles. The summed E-state index contributed by atoms with van der Waals surface area (Å²) in [6.07, 6.45) is 0. The lowest BCUT2D eigenvalue weighted by Gasteiger charge is -2.11. The maximum atomic E-state index is 11.0. The third-order valence-corrected chi connectivity index (χ3v) is 3.63. The van der Waals surface area contributed by atoms with Crippen molar-refractivity contribution in [2.75, 3.05) is 12.8 Å². The number of nitrogens with one attached hydrogen (secondary N) is 1. The second-order valence-electron chi connectivity index (χ2n) is 4.25. The number of aryl methyl sites for hydroxylation is 2. The standard InChI is InChI=1S/C13H20N2OS/c1-9-4-10(2)6-11(5-9)7-17-8-12(15-3)13(14)16/h4-6,12,15H,7-8H2,1-3H3,(H2,14,16). The van der Waals surface area contributed by atoms with Gasteiger partial charge in [0.15, 0.2) is 0 Å². The van der Waals surface area contributed by atoms with Gasteiger partial charge in [-0.05, 0) is 26.5 Å². The molecule has 0 fully saturated rings. The van der Waals surface area contributed by atoms with Gasteiger partial charge in [0.2, 0.25) is 5.91 Å². The van der Waals surface area contributed by atoms with Crippen LogP contribution in [-0.4, -0.2) is 24.7 Å². The molecule has 1 amide bonds. The molecule has 0 heterocycles. The Morgan fingerprint density at radius 1 is 1.35 bits per heavy atom. The van der Waals surface area contributed by atoms with E-state index < -0.39 is 0 Å². The van der Waals surface area contributed by atoms with E-state index in [1.807, 2.05) is 0 Å². The fourth-order valence-corrected chi connectivity index (χ4v) is 2.84. The average molecular weight is 252 g/mol. The van der Waals surface area contributed by atoms with Gasteiger partial charge in [0.1, 0.15) is 0 Å². The second-order valence-corrected chi connectivity index (χ2v) is 5.28. The summed E-state index contributed by atoms with van der Waals surface area (Å²) in [6, 6.07) is 6.27. The first-order valence-electron chi connectivity index (χ1n) is 5.64. The lowest BCUT2D eigenvalue weighted by atomic mass is 10.1. The number of carbonyl (C=O) groups is 1. The Morgan fingerprint density at radius 3 is 2.41 bits per heavy atom. The third kappa shape index (κ3) is 4.79. The Hall–Kier alpha value is -1.00. The maximum Gasteiger partial charge on any atom is 0.235 e. The molecule has 3 nitrogen and oxygen atoms in total. The summed E-state index contributed by atoms with van der Waals surface area (Å²) in [7, 11) is 1.76. The Kier molecular flexibility index (Phi) is 5.51. The number of hydrogen-bond donors (Lipinski definition) is 2. The van der Waals surface area contributed by atoms with E-state index in [1.54, 1.807) is 18.8 Å². The molecule has 0 aliphatic carbocycles. The summed E-state index contributed by atoms with van der Waals surface area (Å²) in [4.78, 5) is 11.0. The van der Waals surface area contributed by atoms with Crippen LogP contribution in [-0.2, 0) is 10.5 Å². The van der Waals surface area contributed by atoms with Crippen molar-refractivity contribution in [3.05, 3.63) is 34.9 Å². The van der Waals surface area contributed by atoms with E-state index >= 15 is 0 Å². The number of amides is 1. The predicted octanol–water partition coefficient (Wildman–Crippen LogP) is 1.61. The van der Waals surface area contributed by atoms with Gasteiger partial charge in [-0.1, -0.05) is 29.3 Å². The minimum Gasteiger partial charge on any atom is -0.368 e. The van der Waals surface area contributed by atoms with Gasteiger partial charge < -0.3 is 11.1 Å². The lowest BCUT2D eigenvalue weighted by Crippen LogP contribution is -2.41. The molecule has 3 N–H and O–H groups in total. The molecule has 0 saturated carbocycles. The highest BCUT2D eigenvalue weighted by Gasteiger charge is 2.11. The van der Waals surface area contributed by atoms with Crippen molar-refractivity contribution in [3.63, 3.8) is 0 Å². The molecule has 0 aliphatic rings. The Balaban J connectivity index is 2.47. The number of hydrogen-bond acceptors (Lipinski definition) is 3. The monoisotopic (exact) mass is 252 g/mol. The van der Waals surface area contributed by atoms with E-state index in [0.29, 0.717) is 5.75 Å². The first-order valence-corrected chi connectivity index (χ1v) is 6.80. The van der Waals surface area contributed by atoms with Gasteiger partial charge >= 0.3 is 0 Å². The average Bonchev–Trinajstić information content (AvgIpc) is 2.22. The van der Waals surface area contributed by atoms with Gasteiger partial charge in [-0.3, -0.25) is 4.79 Å². The van der Waals surface area contributed by atoms with Crippen molar-refractivity contribution in [2.24, 2.45) is 5.73 Å². The molecule has 1 aromatic carbocycles. The van der Waals surface area contributed by atoms with Crippen LogP contribution in [0.5, 0.6) is 0 Å². The van der Waals surface area contributed by atoms with Crippen LogP contribution in [0.1, 0.15) is 16.7 Å². The minimum absolute atomic E-state index is 0.245. The molecule has 0 aliphatic heterocycles. The summed E-state index contributed by atoms with van der Waals surface area (Å²) < 4.78 is 0. The van der Waals surface area contributed by atoms with Gasteiger partial charge in [-0.25, -0.2) is 0 Å². The van der Waals surface area contributed by atoms with Crippen molar-refractivity contribution in [1.29, 1.82) is 0 Å². The normalized spacial score (nSPS) is 12.4. The highest BCUT2D eigenvalue weighted by molar-refractivity contribution is 7.98. The molecule has 1 unspecified atom stereocenters. The van der Waals surface area contributed by atoms with Gasteiger partial charge in [0, 0.05) is 11.5 Å². The Bertz CT molecular complexity index is 373. The number of rotatable bonds is 6. The zero-order chi connectivity index (χ0) is 12.8. The summed E-state index contributed by atoms with van der Waals surface area (Å²) in [5.41, 5.74) is 9.11. The molecule has 17 heavy (non-hydrogen) atoms. The number of likely N-dealkylation sites (N-methyl/N-ethyl adjacent to an activating group) is 1. The van der Waals surface area contributed by atoms with Crippen LogP contribution in [0.3, 0.4) is 0 Å². The summed E-state index contributed by atoms with van der Waals surface area (Å²) >= 11 is 1.72. The lowest BCUT2D eigenvalue weighted by molar-refractivity contribution is -0.119. The quantitative estimate of drug-likeness (QED) is 0.809. The van der Waals surface area contributed by atoms with Gasteiger partial charge in [-0.15, -0.1) is 0 Å². The first-order chi connectivity index (χ1) is 8.02. The van der Waals surface area contributed by atoms with Gasteiger partial charge in [0.25, 0.3) is 0 Å². The van der Waals surface area contributed by atoms with Crippen LogP contribution in [0.25, 0.3) is 0 Å². The number of nitrogens with two attached hydrogens (primary N) is 1. The maximum absolute atomic E-state index is 11.0. The molecule has 0 aromatic heterocycles. The molecule has 1 rings (SSSR count). The third-order valence-electron chi connectivity index (χ3n) is 2.53. The number of thioether (sulfide) groups is 1. The fraction of sp³-hybridized carbons (Fsp3) is 0.462. The summed E-state index contributed by atoms with van der Waals surface area (Å²) in [5, 5.41) is 2.92. The van der Waals surface area contributed by atoms with E-state index in [-0.39, 0.29) is 11.9 Å². The largest absolute Gasteiger partial charge is 0.368 e. The highest BCUT2D eigenvalue weighted by atomic mass is 32.2. The first kappa shape index (κ1) is 14.1. The zero-order valence-corrected chi connectivity index (χ0v) is 11.4. The molecule has 0 bridgehead atoms. The van der Waals surface area contributed by atoms with Crippen LogP contribution >= 0.6 is 11.8 Å². The van der Waals surface area contributed by atoms with Crippen molar-refractivity contribution in [2.45, 2.75) is 25.6 Å². The molecular formula is C13H20N2OS. The van der Waals surface area contributed by atoms with Crippen LogP contribution < -0.4 is 11.1 Å². The number of benzene rings is 1. The fourth-order valence-electron chi connectivity index (χ4n) is 1.75. The second kappa shape index (κ2) is 6.67. The topological polar surface area (TPSA) is 55.1 Å². The Labute approximate surface area is 107 Å². The molecule has 4 heteroatoms. The summed E-state index contributed by atoms with van der Waals surface area (Å²) in [6.45, 7) is 4.20. The van der Waals surface area contributed by atoms with Gasteiger partial charge in [0.05, 0.1) is 6.04 Å². The van der Waals surface area contributed by atoms with Crippen molar-refractivity contribution >= 4 is 17.7 Å². The highest BCUT2D eigenvalue weighted by Crippen LogP contribution is 2.16. The van der Waals surface area contributed by atoms with Crippen LogP contribution in [0.2, 0.25) is 0 Å². The zero-order valence-electron chi connectivity index (χ0n) is 10.6. The molecule has 1 atom stereocenters. The van der Waals surface area contributed by atoms with Crippen LogP contribution in [0, 0.1) is 13.8 Å². The molecule has 1 aromatic rings. The predicted molar refractivity (Wildman–Crippen MR) is 74.1 cm³/mol. The number of carbonyl (C=O) groups excluding carboxylic acids is 1. The van der Waals surface area contributed by atoms with Crippen LogP contribution in [0.15, 0.2) is 18.2 Å². The number of primary amides is 1. The van der Waals surface area contributed by atoms with Crippen molar-refractivity contribution < 1.29 is 4.79 Å². The minimum atomic E-state index is -0.291. The smallest absolute Gasteiger partial charge is 0.235 e. The summed E-state index contributed by atoms with van der Waals surface area (Å²) in [5.74, 6) is 1.33. The van der Waals surface area contributed by atoms with E-state index in [1.165, 1.54) is 16.7 Å². The van der Waals surface area contributed by atoms with E-state index in [4.69, 9.17) is 5.73 Å². The Morgan fingerprint density at radius 2 is 1.94 bits per heavy atom. The van der Waals surface area contributed by atoms with E-state index in [9.17, 15) is 4.79 Å². The van der Waals surface area contributed by atoms with E-state index in [2.05, 4.69) is 37.4 Å². The van der Waals surface area contributed by atoms with Gasteiger partial charge in [-0.2, -0.15) is 11.8 Å². The van der Waals surface area contributed by atoms with Crippen molar-refractivity contribution in [1.82, 2.24) is 5.32 Å².